The number of aromatic amines is 1. The molecule has 4 nitrogen and oxygen atoms in total. The molecule has 0 radical (unpaired) electrons. The summed E-state index contributed by atoms with van der Waals surface area (Å²) in [7, 11) is 0. The van der Waals surface area contributed by atoms with E-state index in [9.17, 15) is 9.59 Å². The van der Waals surface area contributed by atoms with Crippen molar-refractivity contribution in [2.45, 2.75) is 24.3 Å². The number of aromatic nitrogens is 2. The molecule has 0 saturated carbocycles. The molecule has 0 fully saturated rings. The van der Waals surface area contributed by atoms with Crippen LogP contribution in [0.15, 0.2) is 65.8 Å². The second kappa shape index (κ2) is 7.49. The van der Waals surface area contributed by atoms with E-state index in [-0.39, 0.29) is 11.6 Å². The Balaban J connectivity index is 2.06. The van der Waals surface area contributed by atoms with Gasteiger partial charge in [-0.3, -0.25) is 9.59 Å². The predicted octanol–water partition coefficient (Wildman–Crippen LogP) is 4.38. The van der Waals surface area contributed by atoms with E-state index >= 15 is 0 Å². The van der Waals surface area contributed by atoms with Gasteiger partial charge in [0.2, 0.25) is 0 Å². The molecule has 0 saturated heterocycles. The number of hydrogen-bond acceptors (Lipinski definition) is 4. The highest BCUT2D eigenvalue weighted by molar-refractivity contribution is 8.01. The molecule has 0 unspecified atom stereocenters. The van der Waals surface area contributed by atoms with Gasteiger partial charge in [-0.2, -0.15) is 0 Å². The lowest BCUT2D eigenvalue weighted by Crippen LogP contribution is -2.22. The molecule has 0 atom stereocenters. The molecule has 0 aliphatic heterocycles. The van der Waals surface area contributed by atoms with Crippen LogP contribution < -0.4 is 0 Å². The Bertz CT molecular complexity index is 818. The van der Waals surface area contributed by atoms with Gasteiger partial charge in [0.25, 0.3) is 0 Å². The van der Waals surface area contributed by atoms with Crippen LogP contribution in [0.5, 0.6) is 0 Å². The van der Waals surface area contributed by atoms with Crippen molar-refractivity contribution in [2.24, 2.45) is 0 Å². The largest absolute Gasteiger partial charge is 0.332 e. The van der Waals surface area contributed by atoms with Crippen LogP contribution in [0.25, 0.3) is 22.5 Å². The maximum atomic E-state index is 11.7. The van der Waals surface area contributed by atoms with Gasteiger partial charge in [0, 0.05) is 11.1 Å². The first-order valence-electron chi connectivity index (χ1n) is 7.94. The highest BCUT2D eigenvalue weighted by Gasteiger charge is 2.24. The van der Waals surface area contributed by atoms with E-state index in [4.69, 9.17) is 0 Å². The highest BCUT2D eigenvalue weighted by Crippen LogP contribution is 2.34. The Morgan fingerprint density at radius 3 is 1.92 bits per heavy atom. The van der Waals surface area contributed by atoms with Crippen LogP contribution >= 0.6 is 11.8 Å². The fourth-order valence-electron chi connectivity index (χ4n) is 2.59. The van der Waals surface area contributed by atoms with Gasteiger partial charge in [0.15, 0.2) is 16.7 Å². The van der Waals surface area contributed by atoms with Crippen molar-refractivity contribution < 1.29 is 9.59 Å². The molecule has 0 bridgehead atoms. The average Bonchev–Trinajstić information content (AvgIpc) is 3.05. The molecule has 25 heavy (non-hydrogen) atoms. The van der Waals surface area contributed by atoms with Crippen molar-refractivity contribution in [1.29, 1.82) is 0 Å². The molecular weight excluding hydrogens is 332 g/mol. The molecule has 5 heteroatoms. The third kappa shape index (κ3) is 3.88. The van der Waals surface area contributed by atoms with Crippen molar-refractivity contribution in [1.82, 2.24) is 9.97 Å². The monoisotopic (exact) mass is 350 g/mol. The molecule has 3 aromatic rings. The summed E-state index contributed by atoms with van der Waals surface area (Å²) in [6, 6.07) is 19.7. The predicted molar refractivity (Wildman–Crippen MR) is 100 cm³/mol. The summed E-state index contributed by atoms with van der Waals surface area (Å²) < 4.78 is 0. The molecule has 1 heterocycles. The van der Waals surface area contributed by atoms with Crippen molar-refractivity contribution in [3.8, 4) is 22.5 Å². The number of carbonyl (C=O) groups excluding carboxylic acids is 2. The molecule has 126 valence electrons. The van der Waals surface area contributed by atoms with Crippen LogP contribution in [0.2, 0.25) is 0 Å². The molecular formula is C20H18N2O2S. The van der Waals surface area contributed by atoms with E-state index < -0.39 is 5.25 Å². The van der Waals surface area contributed by atoms with E-state index in [1.807, 2.05) is 60.7 Å². The smallest absolute Gasteiger partial charge is 0.167 e. The molecule has 2 aromatic carbocycles. The summed E-state index contributed by atoms with van der Waals surface area (Å²) in [6.07, 6.45) is 0. The standard InChI is InChI=1S/C20H18N2O2S/c1-13(23)19(14(2)24)25-20-21-17(15-9-5-3-6-10-15)18(22-20)16-11-7-4-8-12-16/h3-12,19H,1-2H3,(H,21,22). The zero-order valence-electron chi connectivity index (χ0n) is 14.0. The minimum atomic E-state index is -0.738. The SMILES string of the molecule is CC(=O)C(Sc1nc(-c2ccccc2)c(-c2ccccc2)[nH]1)C(C)=O. The molecule has 0 amide bonds. The van der Waals surface area contributed by atoms with E-state index in [1.54, 1.807) is 0 Å². The number of ketones is 2. The number of thioether (sulfide) groups is 1. The zero-order chi connectivity index (χ0) is 17.8. The Labute approximate surface area is 150 Å². The second-order valence-corrected chi connectivity index (χ2v) is 6.81. The number of rotatable bonds is 6. The maximum absolute atomic E-state index is 11.7. The average molecular weight is 350 g/mol. The van der Waals surface area contributed by atoms with Crippen LogP contribution in [0.3, 0.4) is 0 Å². The third-order valence-corrected chi connectivity index (χ3v) is 5.08. The number of imidazole rings is 1. The van der Waals surface area contributed by atoms with Gasteiger partial charge >= 0.3 is 0 Å². The number of Topliss-reactive ketones (excluding diaryl/α,β-unsaturated/α-hetero) is 2. The number of H-pyrrole nitrogens is 1. The van der Waals surface area contributed by atoms with E-state index in [0.29, 0.717) is 5.16 Å². The summed E-state index contributed by atoms with van der Waals surface area (Å²) in [5.41, 5.74) is 3.66. The van der Waals surface area contributed by atoms with E-state index in [1.165, 1.54) is 13.8 Å². The van der Waals surface area contributed by atoms with Gasteiger partial charge in [0.05, 0.1) is 11.4 Å². The number of hydrogen-bond donors (Lipinski definition) is 1. The lowest BCUT2D eigenvalue weighted by Gasteiger charge is -2.06. The van der Waals surface area contributed by atoms with E-state index in [2.05, 4.69) is 9.97 Å². The quantitative estimate of drug-likeness (QED) is 0.529. The highest BCUT2D eigenvalue weighted by atomic mass is 32.2. The minimum Gasteiger partial charge on any atom is -0.332 e. The summed E-state index contributed by atoms with van der Waals surface area (Å²) in [6.45, 7) is 2.86. The second-order valence-electron chi connectivity index (χ2n) is 5.72. The zero-order valence-corrected chi connectivity index (χ0v) is 14.8. The summed E-state index contributed by atoms with van der Waals surface area (Å²) in [4.78, 5) is 31.4. The van der Waals surface area contributed by atoms with Gasteiger partial charge in [-0.25, -0.2) is 4.98 Å². The molecule has 3 rings (SSSR count). The number of nitrogens with one attached hydrogen (secondary N) is 1. The Morgan fingerprint density at radius 1 is 0.880 bits per heavy atom. The molecule has 0 aliphatic carbocycles. The first-order chi connectivity index (χ1) is 12.1. The van der Waals surface area contributed by atoms with Crippen LogP contribution in [-0.4, -0.2) is 26.8 Å². The van der Waals surface area contributed by atoms with Crippen LogP contribution in [0, 0.1) is 0 Å². The number of nitrogens with zero attached hydrogens (tertiary/aromatic N) is 1. The summed E-state index contributed by atoms with van der Waals surface area (Å²) in [5.74, 6) is -0.340. The fourth-order valence-corrected chi connectivity index (χ4v) is 3.45. The molecule has 1 N–H and O–H groups in total. The topological polar surface area (TPSA) is 62.8 Å². The number of carbonyl (C=O) groups is 2. The molecule has 1 aromatic heterocycles. The van der Waals surface area contributed by atoms with Gasteiger partial charge in [-0.1, -0.05) is 72.4 Å². The van der Waals surface area contributed by atoms with Crippen LogP contribution in [-0.2, 0) is 9.59 Å². The minimum absolute atomic E-state index is 0.170. The van der Waals surface area contributed by atoms with Crippen LogP contribution in [0.1, 0.15) is 13.8 Å². The third-order valence-electron chi connectivity index (χ3n) is 3.76. The van der Waals surface area contributed by atoms with Crippen molar-refractivity contribution >= 4 is 23.3 Å². The van der Waals surface area contributed by atoms with E-state index in [0.717, 1.165) is 34.3 Å². The van der Waals surface area contributed by atoms with Crippen molar-refractivity contribution in [3.05, 3.63) is 60.7 Å². The lowest BCUT2D eigenvalue weighted by atomic mass is 10.1. The van der Waals surface area contributed by atoms with Crippen molar-refractivity contribution in [3.63, 3.8) is 0 Å². The summed E-state index contributed by atoms with van der Waals surface area (Å²) in [5, 5.41) is -0.175. The molecule has 0 aliphatic rings. The Kier molecular flexibility index (Phi) is 5.14. The summed E-state index contributed by atoms with van der Waals surface area (Å²) >= 11 is 1.16. The first-order valence-corrected chi connectivity index (χ1v) is 8.82. The molecule has 0 spiro atoms. The fraction of sp³-hybridized carbons (Fsp3) is 0.150. The number of benzene rings is 2. The Morgan fingerprint density at radius 2 is 1.40 bits per heavy atom. The van der Waals surface area contributed by atoms with Crippen LogP contribution in [0.4, 0.5) is 0 Å². The normalized spacial score (nSPS) is 10.8. The van der Waals surface area contributed by atoms with Crippen molar-refractivity contribution in [2.75, 3.05) is 0 Å². The van der Waals surface area contributed by atoms with Gasteiger partial charge in [-0.05, 0) is 13.8 Å². The first kappa shape index (κ1) is 17.2. The maximum Gasteiger partial charge on any atom is 0.167 e. The Hall–Kier alpha value is -2.66. The van der Waals surface area contributed by atoms with Gasteiger partial charge < -0.3 is 4.98 Å². The lowest BCUT2D eigenvalue weighted by molar-refractivity contribution is -0.123. The van der Waals surface area contributed by atoms with Gasteiger partial charge in [0.1, 0.15) is 5.25 Å². The van der Waals surface area contributed by atoms with Gasteiger partial charge in [-0.15, -0.1) is 0 Å².